The first-order valence-corrected chi connectivity index (χ1v) is 20.2. The molecule has 4 aliphatic heterocycles. The van der Waals surface area contributed by atoms with Crippen molar-refractivity contribution in [2.24, 2.45) is 0 Å². The number of amides is 1. The van der Waals surface area contributed by atoms with Crippen molar-refractivity contribution in [1.29, 1.82) is 0 Å². The maximum atomic E-state index is 17.1. The first kappa shape index (κ1) is 36.7. The van der Waals surface area contributed by atoms with Gasteiger partial charge in [-0.25, -0.2) is 4.79 Å². The predicted molar refractivity (Wildman–Crippen MR) is 194 cm³/mol. The van der Waals surface area contributed by atoms with E-state index in [0.717, 1.165) is 19.3 Å². The molecule has 2 aromatic heterocycles. The van der Waals surface area contributed by atoms with Gasteiger partial charge in [-0.05, 0) is 59.4 Å². The zero-order valence-corrected chi connectivity index (χ0v) is 34.5. The van der Waals surface area contributed by atoms with Gasteiger partial charge in [0.1, 0.15) is 5.60 Å². The molecule has 0 aliphatic carbocycles. The molecule has 4 aromatic rings. The third kappa shape index (κ3) is 6.50. The summed E-state index contributed by atoms with van der Waals surface area (Å²) in [6, 6.07) is 5.03. The Hall–Kier alpha value is -4.24. The van der Waals surface area contributed by atoms with Gasteiger partial charge >= 0.3 is 198 Å². The van der Waals surface area contributed by atoms with E-state index < -0.39 is 28.9 Å². The molecule has 4 fully saturated rings. The molecule has 2 aromatic carbocycles. The Kier molecular flexibility index (Phi) is 9.39. The Morgan fingerprint density at radius 3 is 2.59 bits per heavy atom. The van der Waals surface area contributed by atoms with Gasteiger partial charge in [0.2, 0.25) is 0 Å². The molecular weight excluding hydrogens is 897 g/mol. The van der Waals surface area contributed by atoms with Gasteiger partial charge in [0.05, 0.1) is 17.6 Å². The van der Waals surface area contributed by atoms with Gasteiger partial charge in [-0.2, -0.15) is 8.78 Å². The second-order valence-corrected chi connectivity index (χ2v) is 16.7. The van der Waals surface area contributed by atoms with Crippen molar-refractivity contribution >= 4 is 59.4 Å². The number of aromatic nitrogens is 3. The summed E-state index contributed by atoms with van der Waals surface area (Å²) >= 11 is 0.259. The first-order chi connectivity index (χ1) is 25.7. The minimum atomic E-state index is -1.68. The van der Waals surface area contributed by atoms with Crippen LogP contribution in [0.3, 0.4) is 0 Å². The van der Waals surface area contributed by atoms with E-state index >= 15 is 8.78 Å². The monoisotopic (exact) mass is 934 g/mol. The van der Waals surface area contributed by atoms with Crippen molar-refractivity contribution in [3.8, 4) is 32.4 Å². The Morgan fingerprint density at radius 1 is 1.13 bits per heavy atom. The number of hydrogen-bond acceptors (Lipinski definition) is 9. The molecule has 2 bridgehead atoms. The van der Waals surface area contributed by atoms with Crippen molar-refractivity contribution in [2.45, 2.75) is 76.1 Å². The van der Waals surface area contributed by atoms with E-state index in [1.165, 1.54) is 30.5 Å². The third-order valence-corrected chi connectivity index (χ3v) is 11.5. The molecule has 15 heteroatoms. The van der Waals surface area contributed by atoms with E-state index in [4.69, 9.17) is 14.5 Å². The van der Waals surface area contributed by atoms with Crippen LogP contribution in [0.25, 0.3) is 32.9 Å². The van der Waals surface area contributed by atoms with Crippen LogP contribution in [0.2, 0.25) is 0 Å². The zero-order chi connectivity index (χ0) is 38.1. The van der Waals surface area contributed by atoms with Crippen LogP contribution in [0.5, 0.6) is 11.8 Å². The summed E-state index contributed by atoms with van der Waals surface area (Å²) in [6.07, 6.45) is 2.52. The average molecular weight is 934 g/mol. The van der Waals surface area contributed by atoms with Gasteiger partial charge in [0.15, 0.2) is 0 Å². The van der Waals surface area contributed by atoms with Crippen molar-refractivity contribution in [1.82, 2.24) is 24.8 Å². The molecule has 3 atom stereocenters. The Morgan fingerprint density at radius 2 is 1.89 bits per heavy atom. The predicted octanol–water partition coefficient (Wildman–Crippen LogP) is 6.66. The molecule has 4 aliphatic rings. The molecule has 3 unspecified atom stereocenters. The fourth-order valence-corrected chi connectivity index (χ4v) is 9.24. The van der Waals surface area contributed by atoms with Gasteiger partial charge in [-0.15, -0.1) is 0 Å². The molecule has 0 saturated carbocycles. The normalized spacial score (nSPS) is 22.4. The van der Waals surface area contributed by atoms with Gasteiger partial charge in [-0.1, -0.05) is 0 Å². The van der Waals surface area contributed by atoms with Crippen LogP contribution in [0, 0.1) is 21.0 Å². The Bertz CT molecular complexity index is 2290. The van der Waals surface area contributed by atoms with Crippen LogP contribution in [0.15, 0.2) is 42.1 Å². The van der Waals surface area contributed by atoms with Crippen molar-refractivity contribution < 1.29 is 36.9 Å². The number of fused-ring (bicyclic) bond motifs is 5. The van der Waals surface area contributed by atoms with E-state index in [0.29, 0.717) is 42.6 Å². The summed E-state index contributed by atoms with van der Waals surface area (Å²) in [5.41, 5.74) is -1.32. The standard InChI is InChI=1S/C39H37F4N6O4.Tl/c1-5-26-29(40)10-7-21-13-25(50)14-27(30(21)26)32-31(41)33-28(16-44-32)35(47-18-23-8-9-24(19-47)49(23)37(51)53-38(2,3)4)46-36(45-33)52-20-39-11-6-12-48(39)17-22(15-39)34(42)43;/h7,10,13-14,16,23-24,50H,6,8-9,11-12,15,17-20H2,2-4H3;. The van der Waals surface area contributed by atoms with Crippen LogP contribution in [-0.4, -0.2) is 118 Å². The number of phenols is 1. The van der Waals surface area contributed by atoms with Crippen LogP contribution in [-0.2, 0) is 4.74 Å². The number of carbonyl (C=O) groups is 1. The molecule has 6 heterocycles. The SMILES string of the molecule is CC(C)(C)OC(=O)N1C2CCC1CN(c1nc(OCC34CCCN3CC(=C(F)F)C4)nc3c(F)c(-c4cc(O)cc5ccc(F)c(C#[C][Tl])c45)ncc13)C2. The molecule has 0 radical (unpaired) electrons. The maximum absolute atomic E-state index is 17.1. The molecule has 278 valence electrons. The topological polar surface area (TPSA) is 104 Å². The number of aromatic hydroxyl groups is 1. The van der Waals surface area contributed by atoms with Crippen molar-refractivity contribution in [3.63, 3.8) is 0 Å². The number of benzene rings is 2. The third-order valence-electron chi connectivity index (χ3n) is 10.9. The number of carbonyl (C=O) groups excluding carboxylic acids is 1. The summed E-state index contributed by atoms with van der Waals surface area (Å²) in [6.45, 7) is 7.07. The summed E-state index contributed by atoms with van der Waals surface area (Å²) < 4.78 is 74.7. The quantitative estimate of drug-likeness (QED) is 0.134. The second-order valence-electron chi connectivity index (χ2n) is 15.6. The Balaban J connectivity index is 1.24. The van der Waals surface area contributed by atoms with E-state index in [9.17, 15) is 18.7 Å². The summed E-state index contributed by atoms with van der Waals surface area (Å²) in [5, 5.41) is 11.7. The van der Waals surface area contributed by atoms with E-state index in [1.807, 2.05) is 30.6 Å². The molecule has 4 saturated heterocycles. The van der Waals surface area contributed by atoms with Gasteiger partial charge < -0.3 is 4.74 Å². The summed E-state index contributed by atoms with van der Waals surface area (Å²) in [4.78, 5) is 32.9. The summed E-state index contributed by atoms with van der Waals surface area (Å²) in [7, 11) is 0. The minimum absolute atomic E-state index is 0.0193. The number of anilines is 1. The number of phenolic OH excluding ortho intramolecular Hbond substituents is 1. The van der Waals surface area contributed by atoms with Crippen molar-refractivity contribution in [2.75, 3.05) is 37.7 Å². The average Bonchev–Trinajstić information content (AvgIpc) is 3.76. The molecule has 0 spiro atoms. The first-order valence-electron chi connectivity index (χ1n) is 18.0. The second kappa shape index (κ2) is 13.8. The summed E-state index contributed by atoms with van der Waals surface area (Å²) in [5.74, 6) is 1.61. The molecule has 8 rings (SSSR count). The van der Waals surface area contributed by atoms with Gasteiger partial charge in [-0.3, -0.25) is 9.80 Å². The fraction of sp³-hybridized carbons (Fsp3) is 0.436. The number of hydrogen-bond donors (Lipinski definition) is 1. The van der Waals surface area contributed by atoms with E-state index in [-0.39, 0.29) is 109 Å². The molecule has 54 heavy (non-hydrogen) atoms. The van der Waals surface area contributed by atoms with Crippen LogP contribution in [0.1, 0.15) is 58.4 Å². The zero-order valence-electron chi connectivity index (χ0n) is 30.1. The Labute approximate surface area is 325 Å². The van der Waals surface area contributed by atoms with E-state index in [1.54, 1.807) is 4.90 Å². The number of nitrogens with zero attached hydrogens (tertiary/aromatic N) is 6. The van der Waals surface area contributed by atoms with Crippen LogP contribution in [0.4, 0.5) is 28.2 Å². The van der Waals surface area contributed by atoms with E-state index in [2.05, 4.69) is 19.4 Å². The molecular formula is C39H37F4N6O4Tl. The number of pyridine rings is 1. The number of rotatable bonds is 5. The van der Waals surface area contributed by atoms with Gasteiger partial charge in [0, 0.05) is 12.1 Å². The molecule has 1 N–H and O–H groups in total. The van der Waals surface area contributed by atoms with Crippen molar-refractivity contribution in [3.05, 3.63) is 59.3 Å². The molecule has 10 nitrogen and oxygen atoms in total. The van der Waals surface area contributed by atoms with Crippen LogP contribution >= 0.6 is 0 Å². The number of ether oxygens (including phenoxy) is 2. The molecule has 1 amide bonds. The number of piperazine rings is 1. The van der Waals surface area contributed by atoms with Gasteiger partial charge in [0.25, 0.3) is 6.08 Å². The van der Waals surface area contributed by atoms with Crippen LogP contribution < -0.4 is 9.64 Å². The fourth-order valence-electron chi connectivity index (χ4n) is 8.67. The number of halogens is 4.